The van der Waals surface area contributed by atoms with Crippen molar-refractivity contribution in [2.24, 2.45) is 5.92 Å². The Kier molecular flexibility index (Phi) is 5.47. The molecule has 0 amide bonds. The van der Waals surface area contributed by atoms with E-state index in [0.717, 1.165) is 18.2 Å². The highest BCUT2D eigenvalue weighted by atomic mass is 16.5. The minimum absolute atomic E-state index is 0.441. The van der Waals surface area contributed by atoms with E-state index in [-0.39, 0.29) is 0 Å². The molecule has 20 heavy (non-hydrogen) atoms. The maximum Gasteiger partial charge on any atom is 0.124 e. The summed E-state index contributed by atoms with van der Waals surface area (Å²) in [6, 6.07) is 4.90. The fraction of sp³-hybridized carbons (Fsp3) is 0.667. The van der Waals surface area contributed by atoms with Gasteiger partial charge in [-0.15, -0.1) is 0 Å². The number of ether oxygens (including phenoxy) is 1. The molecule has 2 rings (SSSR count). The second-order valence-electron chi connectivity index (χ2n) is 6.13. The van der Waals surface area contributed by atoms with E-state index in [2.05, 4.69) is 38.2 Å². The minimum atomic E-state index is 0.441. The Morgan fingerprint density at radius 1 is 1.20 bits per heavy atom. The van der Waals surface area contributed by atoms with Crippen molar-refractivity contribution in [3.8, 4) is 5.75 Å². The Balaban J connectivity index is 2.37. The van der Waals surface area contributed by atoms with Crippen LogP contribution in [0.25, 0.3) is 0 Å². The number of rotatable bonds is 5. The van der Waals surface area contributed by atoms with E-state index in [1.165, 1.54) is 48.8 Å². The number of aryl methyl sites for hydroxylation is 2. The Bertz CT molecular complexity index is 435. The van der Waals surface area contributed by atoms with Crippen molar-refractivity contribution in [3.05, 3.63) is 28.8 Å². The van der Waals surface area contributed by atoms with Crippen LogP contribution < -0.4 is 10.1 Å². The third kappa shape index (κ3) is 3.35. The number of benzene rings is 1. The second kappa shape index (κ2) is 7.12. The largest absolute Gasteiger partial charge is 0.496 e. The molecule has 1 aliphatic carbocycles. The summed E-state index contributed by atoms with van der Waals surface area (Å²) in [4.78, 5) is 0. The number of hydrogen-bond acceptors (Lipinski definition) is 2. The van der Waals surface area contributed by atoms with E-state index in [0.29, 0.717) is 6.04 Å². The maximum atomic E-state index is 5.69. The molecule has 1 atom stereocenters. The molecule has 1 fully saturated rings. The zero-order chi connectivity index (χ0) is 14.5. The third-order valence-corrected chi connectivity index (χ3v) is 4.57. The molecule has 1 aliphatic rings. The number of nitrogens with one attached hydrogen (secondary N) is 1. The van der Waals surface area contributed by atoms with Crippen LogP contribution in [-0.2, 0) is 0 Å². The lowest BCUT2D eigenvalue weighted by molar-refractivity contribution is 0.267. The molecule has 0 spiro atoms. The van der Waals surface area contributed by atoms with Gasteiger partial charge in [0.25, 0.3) is 0 Å². The van der Waals surface area contributed by atoms with Crippen molar-refractivity contribution >= 4 is 0 Å². The Morgan fingerprint density at radius 2 is 1.90 bits per heavy atom. The van der Waals surface area contributed by atoms with Gasteiger partial charge in [0.1, 0.15) is 5.75 Å². The van der Waals surface area contributed by atoms with Crippen LogP contribution in [0.2, 0.25) is 0 Å². The predicted octanol–water partition coefficient (Wildman–Crippen LogP) is 4.54. The van der Waals surface area contributed by atoms with Crippen molar-refractivity contribution in [2.75, 3.05) is 13.7 Å². The lowest BCUT2D eigenvalue weighted by Gasteiger charge is -2.33. The van der Waals surface area contributed by atoms with Crippen LogP contribution >= 0.6 is 0 Å². The monoisotopic (exact) mass is 275 g/mol. The second-order valence-corrected chi connectivity index (χ2v) is 6.13. The van der Waals surface area contributed by atoms with Crippen LogP contribution in [0.1, 0.15) is 61.8 Å². The van der Waals surface area contributed by atoms with Gasteiger partial charge in [-0.25, -0.2) is 0 Å². The van der Waals surface area contributed by atoms with Crippen molar-refractivity contribution < 1.29 is 4.74 Å². The van der Waals surface area contributed by atoms with Gasteiger partial charge in [0.05, 0.1) is 7.11 Å². The normalized spacial score (nSPS) is 18.0. The topological polar surface area (TPSA) is 21.3 Å². The molecular formula is C18H29NO. The van der Waals surface area contributed by atoms with E-state index in [9.17, 15) is 0 Å². The van der Waals surface area contributed by atoms with E-state index in [1.807, 2.05) is 0 Å². The lowest BCUT2D eigenvalue weighted by atomic mass is 9.79. The van der Waals surface area contributed by atoms with Crippen molar-refractivity contribution in [1.29, 1.82) is 0 Å². The average Bonchev–Trinajstić information content (AvgIpc) is 2.45. The Labute approximate surface area is 123 Å². The van der Waals surface area contributed by atoms with Gasteiger partial charge in [-0.05, 0) is 56.3 Å². The summed E-state index contributed by atoms with van der Waals surface area (Å²) in [5.41, 5.74) is 4.02. The van der Waals surface area contributed by atoms with Crippen LogP contribution in [0.4, 0.5) is 0 Å². The first-order chi connectivity index (χ1) is 9.67. The first kappa shape index (κ1) is 15.4. The van der Waals surface area contributed by atoms with Gasteiger partial charge >= 0.3 is 0 Å². The van der Waals surface area contributed by atoms with Gasteiger partial charge in [0.2, 0.25) is 0 Å². The SMILES string of the molecule is CCNC(c1c(C)cc(C)cc1OC)C1CCCCC1. The fourth-order valence-corrected chi connectivity index (χ4v) is 3.70. The highest BCUT2D eigenvalue weighted by Crippen LogP contribution is 2.39. The molecule has 1 saturated carbocycles. The molecule has 0 aliphatic heterocycles. The van der Waals surface area contributed by atoms with E-state index in [4.69, 9.17) is 4.74 Å². The van der Waals surface area contributed by atoms with Gasteiger partial charge in [0, 0.05) is 11.6 Å². The Morgan fingerprint density at radius 3 is 2.50 bits per heavy atom. The summed E-state index contributed by atoms with van der Waals surface area (Å²) in [7, 11) is 1.79. The molecule has 1 aromatic carbocycles. The molecular weight excluding hydrogens is 246 g/mol. The minimum Gasteiger partial charge on any atom is -0.496 e. The van der Waals surface area contributed by atoms with Crippen LogP contribution in [0.15, 0.2) is 12.1 Å². The predicted molar refractivity (Wildman–Crippen MR) is 85.5 cm³/mol. The summed E-state index contributed by atoms with van der Waals surface area (Å²) in [5, 5.41) is 3.72. The molecule has 0 saturated heterocycles. The molecule has 0 radical (unpaired) electrons. The molecule has 112 valence electrons. The fourth-order valence-electron chi connectivity index (χ4n) is 3.70. The zero-order valence-corrected chi connectivity index (χ0v) is 13.5. The summed E-state index contributed by atoms with van der Waals surface area (Å²) >= 11 is 0. The first-order valence-corrected chi connectivity index (χ1v) is 8.05. The first-order valence-electron chi connectivity index (χ1n) is 8.05. The molecule has 0 aromatic heterocycles. The summed E-state index contributed by atoms with van der Waals surface area (Å²) < 4.78 is 5.69. The standard InChI is InChI=1S/C18H29NO/c1-5-19-18(15-9-7-6-8-10-15)17-14(3)11-13(2)12-16(17)20-4/h11-12,15,18-19H,5-10H2,1-4H3. The molecule has 1 aromatic rings. The van der Waals surface area contributed by atoms with Gasteiger partial charge in [-0.2, -0.15) is 0 Å². The zero-order valence-electron chi connectivity index (χ0n) is 13.5. The van der Waals surface area contributed by atoms with E-state index in [1.54, 1.807) is 7.11 Å². The molecule has 0 heterocycles. The van der Waals surface area contributed by atoms with Gasteiger partial charge in [0.15, 0.2) is 0 Å². The maximum absolute atomic E-state index is 5.69. The van der Waals surface area contributed by atoms with E-state index < -0.39 is 0 Å². The van der Waals surface area contributed by atoms with Crippen molar-refractivity contribution in [1.82, 2.24) is 5.32 Å². The quantitative estimate of drug-likeness (QED) is 0.851. The van der Waals surface area contributed by atoms with Crippen LogP contribution in [-0.4, -0.2) is 13.7 Å². The summed E-state index contributed by atoms with van der Waals surface area (Å²) in [6.07, 6.45) is 6.83. The highest BCUT2D eigenvalue weighted by molar-refractivity contribution is 5.45. The molecule has 2 heteroatoms. The van der Waals surface area contributed by atoms with Gasteiger partial charge in [-0.1, -0.05) is 32.3 Å². The van der Waals surface area contributed by atoms with Crippen molar-refractivity contribution in [2.45, 2.75) is 58.9 Å². The highest BCUT2D eigenvalue weighted by Gasteiger charge is 2.28. The average molecular weight is 275 g/mol. The van der Waals surface area contributed by atoms with Crippen LogP contribution in [0, 0.1) is 19.8 Å². The molecule has 1 unspecified atom stereocenters. The van der Waals surface area contributed by atoms with Crippen molar-refractivity contribution in [3.63, 3.8) is 0 Å². The summed E-state index contributed by atoms with van der Waals surface area (Å²) in [6.45, 7) is 7.57. The van der Waals surface area contributed by atoms with E-state index >= 15 is 0 Å². The summed E-state index contributed by atoms with van der Waals surface area (Å²) in [5.74, 6) is 1.80. The third-order valence-electron chi connectivity index (χ3n) is 4.57. The Hall–Kier alpha value is -1.02. The van der Waals surface area contributed by atoms with Crippen LogP contribution in [0.3, 0.4) is 0 Å². The lowest BCUT2D eigenvalue weighted by Crippen LogP contribution is -2.30. The van der Waals surface area contributed by atoms with Crippen LogP contribution in [0.5, 0.6) is 5.75 Å². The molecule has 2 nitrogen and oxygen atoms in total. The molecule has 0 bridgehead atoms. The number of methoxy groups -OCH3 is 1. The smallest absolute Gasteiger partial charge is 0.124 e. The molecule has 1 N–H and O–H groups in total. The number of hydrogen-bond donors (Lipinski definition) is 1. The van der Waals surface area contributed by atoms with Gasteiger partial charge in [-0.3, -0.25) is 0 Å². The van der Waals surface area contributed by atoms with Gasteiger partial charge < -0.3 is 10.1 Å².